The first kappa shape index (κ1) is 22.4. The lowest BCUT2D eigenvalue weighted by molar-refractivity contribution is 0.0724. The van der Waals surface area contributed by atoms with Gasteiger partial charge in [-0.05, 0) is 73.4 Å². The van der Waals surface area contributed by atoms with Gasteiger partial charge in [-0.3, -0.25) is 9.59 Å². The van der Waals surface area contributed by atoms with Crippen molar-refractivity contribution in [2.75, 3.05) is 36.4 Å². The summed E-state index contributed by atoms with van der Waals surface area (Å²) in [5.74, 6) is -0.0759. The van der Waals surface area contributed by atoms with Crippen LogP contribution < -0.4 is 10.2 Å². The lowest BCUT2D eigenvalue weighted by atomic mass is 9.87. The molecule has 32 heavy (non-hydrogen) atoms. The fourth-order valence-electron chi connectivity index (χ4n) is 4.61. The van der Waals surface area contributed by atoms with Gasteiger partial charge in [0.15, 0.2) is 0 Å². The lowest BCUT2D eigenvalue weighted by Gasteiger charge is -2.29. The van der Waals surface area contributed by atoms with E-state index in [0.29, 0.717) is 16.8 Å². The van der Waals surface area contributed by atoms with Crippen molar-refractivity contribution in [1.29, 1.82) is 0 Å². The Morgan fingerprint density at radius 1 is 0.812 bits per heavy atom. The number of anilines is 2. The van der Waals surface area contributed by atoms with E-state index in [0.717, 1.165) is 57.5 Å². The molecule has 2 saturated heterocycles. The van der Waals surface area contributed by atoms with Crippen LogP contribution in [0.25, 0.3) is 0 Å². The first-order chi connectivity index (χ1) is 15.3. The van der Waals surface area contributed by atoms with Crippen molar-refractivity contribution in [2.45, 2.75) is 58.3 Å². The smallest absolute Gasteiger partial charge is 0.256 e. The standard InChI is InChI=1S/C27H35N3O2/c1-27(2,3)21-11-9-20(10-12-21)25(31)28-22-13-14-24(29-15-7-8-16-29)23(19-22)26(32)30-17-5-4-6-18-30/h9-14,19H,4-8,15-18H2,1-3H3,(H,28,31). The zero-order chi connectivity index (χ0) is 22.7. The largest absolute Gasteiger partial charge is 0.371 e. The zero-order valence-corrected chi connectivity index (χ0v) is 19.6. The summed E-state index contributed by atoms with van der Waals surface area (Å²) < 4.78 is 0. The van der Waals surface area contributed by atoms with Gasteiger partial charge in [-0.2, -0.15) is 0 Å². The summed E-state index contributed by atoms with van der Waals surface area (Å²) in [5, 5.41) is 3.00. The number of nitrogens with one attached hydrogen (secondary N) is 1. The van der Waals surface area contributed by atoms with Crippen LogP contribution in [0.3, 0.4) is 0 Å². The molecule has 1 N–H and O–H groups in total. The maximum absolute atomic E-state index is 13.4. The van der Waals surface area contributed by atoms with Gasteiger partial charge < -0.3 is 15.1 Å². The fraction of sp³-hybridized carbons (Fsp3) is 0.481. The van der Waals surface area contributed by atoms with Crippen LogP contribution in [-0.2, 0) is 5.41 Å². The highest BCUT2D eigenvalue weighted by molar-refractivity contribution is 6.06. The molecule has 5 nitrogen and oxygen atoms in total. The minimum Gasteiger partial charge on any atom is -0.371 e. The van der Waals surface area contributed by atoms with Crippen molar-refractivity contribution in [3.8, 4) is 0 Å². The molecular weight excluding hydrogens is 398 g/mol. The number of piperidine rings is 1. The molecule has 2 aliphatic rings. The quantitative estimate of drug-likeness (QED) is 0.696. The Labute approximate surface area is 191 Å². The fourth-order valence-corrected chi connectivity index (χ4v) is 4.61. The summed E-state index contributed by atoms with van der Waals surface area (Å²) in [6.45, 7) is 10.1. The second kappa shape index (κ2) is 9.35. The molecule has 0 unspecified atom stereocenters. The van der Waals surface area contributed by atoms with Crippen LogP contribution in [0.15, 0.2) is 42.5 Å². The molecule has 0 radical (unpaired) electrons. The third kappa shape index (κ3) is 4.98. The Hall–Kier alpha value is -2.82. The average Bonchev–Trinajstić information content (AvgIpc) is 3.33. The van der Waals surface area contributed by atoms with Crippen LogP contribution in [-0.4, -0.2) is 42.9 Å². The molecule has 2 aromatic rings. The molecule has 2 amide bonds. The molecule has 2 aromatic carbocycles. The van der Waals surface area contributed by atoms with Crippen LogP contribution >= 0.6 is 0 Å². The number of benzene rings is 2. The second-order valence-electron chi connectivity index (χ2n) is 10.1. The van der Waals surface area contributed by atoms with Gasteiger partial charge in [0.1, 0.15) is 0 Å². The van der Waals surface area contributed by atoms with Gasteiger partial charge in [-0.25, -0.2) is 0 Å². The minimum atomic E-state index is -0.157. The molecule has 0 saturated carbocycles. The van der Waals surface area contributed by atoms with Crippen molar-refractivity contribution in [1.82, 2.24) is 4.90 Å². The number of carbonyl (C=O) groups excluding carboxylic acids is 2. The third-order valence-electron chi connectivity index (χ3n) is 6.59. The van der Waals surface area contributed by atoms with E-state index >= 15 is 0 Å². The number of rotatable bonds is 4. The predicted octanol–water partition coefficient (Wildman–Crippen LogP) is 5.46. The highest BCUT2D eigenvalue weighted by Crippen LogP contribution is 2.30. The van der Waals surface area contributed by atoms with Crippen LogP contribution in [0.1, 0.15) is 79.2 Å². The van der Waals surface area contributed by atoms with Crippen LogP contribution in [0.5, 0.6) is 0 Å². The van der Waals surface area contributed by atoms with Gasteiger partial charge in [-0.1, -0.05) is 32.9 Å². The van der Waals surface area contributed by atoms with E-state index in [4.69, 9.17) is 0 Å². The molecule has 4 rings (SSSR count). The van der Waals surface area contributed by atoms with E-state index in [9.17, 15) is 9.59 Å². The summed E-state index contributed by atoms with van der Waals surface area (Å²) >= 11 is 0. The van der Waals surface area contributed by atoms with Crippen molar-refractivity contribution in [3.05, 3.63) is 59.2 Å². The summed E-state index contributed by atoms with van der Waals surface area (Å²) in [6.07, 6.45) is 5.62. The second-order valence-corrected chi connectivity index (χ2v) is 10.1. The predicted molar refractivity (Wildman–Crippen MR) is 131 cm³/mol. The highest BCUT2D eigenvalue weighted by Gasteiger charge is 2.25. The number of amides is 2. The molecular formula is C27H35N3O2. The Kier molecular flexibility index (Phi) is 6.54. The van der Waals surface area contributed by atoms with Gasteiger partial charge in [0.25, 0.3) is 11.8 Å². The van der Waals surface area contributed by atoms with Crippen molar-refractivity contribution in [3.63, 3.8) is 0 Å². The third-order valence-corrected chi connectivity index (χ3v) is 6.59. The molecule has 2 fully saturated rings. The van der Waals surface area contributed by atoms with E-state index < -0.39 is 0 Å². The van der Waals surface area contributed by atoms with Gasteiger partial charge in [-0.15, -0.1) is 0 Å². The van der Waals surface area contributed by atoms with Crippen molar-refractivity contribution >= 4 is 23.2 Å². The molecule has 2 aliphatic heterocycles. The van der Waals surface area contributed by atoms with Gasteiger partial charge in [0.2, 0.25) is 0 Å². The lowest BCUT2D eigenvalue weighted by Crippen LogP contribution is -2.36. The number of hydrogen-bond donors (Lipinski definition) is 1. The molecule has 170 valence electrons. The van der Waals surface area contributed by atoms with E-state index in [-0.39, 0.29) is 17.2 Å². The molecule has 0 aliphatic carbocycles. The van der Waals surface area contributed by atoms with E-state index in [1.54, 1.807) is 0 Å². The van der Waals surface area contributed by atoms with Crippen molar-refractivity contribution < 1.29 is 9.59 Å². The minimum absolute atomic E-state index is 0.0458. The van der Waals surface area contributed by atoms with Crippen LogP contribution in [0, 0.1) is 0 Å². The maximum Gasteiger partial charge on any atom is 0.256 e. The number of hydrogen-bond acceptors (Lipinski definition) is 3. The van der Waals surface area contributed by atoms with Gasteiger partial charge in [0, 0.05) is 43.1 Å². The van der Waals surface area contributed by atoms with Gasteiger partial charge in [0.05, 0.1) is 5.56 Å². The molecule has 0 atom stereocenters. The normalized spacial score (nSPS) is 16.8. The number of nitrogens with zero attached hydrogens (tertiary/aromatic N) is 2. The van der Waals surface area contributed by atoms with E-state index in [2.05, 4.69) is 31.0 Å². The topological polar surface area (TPSA) is 52.7 Å². The first-order valence-electron chi connectivity index (χ1n) is 11.9. The number of carbonyl (C=O) groups is 2. The summed E-state index contributed by atoms with van der Waals surface area (Å²) in [5.41, 5.74) is 4.21. The van der Waals surface area contributed by atoms with Gasteiger partial charge >= 0.3 is 0 Å². The monoisotopic (exact) mass is 433 g/mol. The Morgan fingerprint density at radius 2 is 1.44 bits per heavy atom. The van der Waals surface area contributed by atoms with E-state index in [1.165, 1.54) is 12.0 Å². The number of likely N-dealkylation sites (tertiary alicyclic amines) is 1. The average molecular weight is 434 g/mol. The summed E-state index contributed by atoms with van der Waals surface area (Å²) in [4.78, 5) is 30.6. The highest BCUT2D eigenvalue weighted by atomic mass is 16.2. The maximum atomic E-state index is 13.4. The summed E-state index contributed by atoms with van der Waals surface area (Å²) in [6, 6.07) is 13.5. The van der Waals surface area contributed by atoms with Crippen LogP contribution in [0.4, 0.5) is 11.4 Å². The summed E-state index contributed by atoms with van der Waals surface area (Å²) in [7, 11) is 0. The Balaban J connectivity index is 1.57. The first-order valence-corrected chi connectivity index (χ1v) is 11.9. The molecule has 0 bridgehead atoms. The molecule has 2 heterocycles. The van der Waals surface area contributed by atoms with Crippen LogP contribution in [0.2, 0.25) is 0 Å². The Bertz CT molecular complexity index is 963. The molecule has 0 spiro atoms. The Morgan fingerprint density at radius 3 is 2.06 bits per heavy atom. The molecule has 5 heteroatoms. The SMILES string of the molecule is CC(C)(C)c1ccc(C(=O)Nc2ccc(N3CCCC3)c(C(=O)N3CCCCC3)c2)cc1. The van der Waals surface area contributed by atoms with Crippen molar-refractivity contribution in [2.24, 2.45) is 0 Å². The zero-order valence-electron chi connectivity index (χ0n) is 19.6. The molecule has 0 aromatic heterocycles. The van der Waals surface area contributed by atoms with E-state index in [1.807, 2.05) is 47.4 Å².